The second kappa shape index (κ2) is 9.38. The minimum atomic E-state index is 0.309. The van der Waals surface area contributed by atoms with E-state index in [9.17, 15) is 4.79 Å². The minimum Gasteiger partial charge on any atom is -0.340 e. The van der Waals surface area contributed by atoms with Gasteiger partial charge >= 0.3 is 0 Å². The van der Waals surface area contributed by atoms with Crippen molar-refractivity contribution in [1.29, 1.82) is 0 Å². The molecule has 3 nitrogen and oxygen atoms in total. The predicted octanol–water partition coefficient (Wildman–Crippen LogP) is 3.54. The summed E-state index contributed by atoms with van der Waals surface area (Å²) < 4.78 is 0. The maximum absolute atomic E-state index is 12.4. The Bertz CT molecular complexity index is 268. The van der Waals surface area contributed by atoms with Crippen LogP contribution < -0.4 is 0 Å². The van der Waals surface area contributed by atoms with E-state index in [2.05, 4.69) is 37.5 Å². The van der Waals surface area contributed by atoms with Crippen molar-refractivity contribution in [2.45, 2.75) is 72.3 Å². The zero-order chi connectivity index (χ0) is 15.0. The van der Waals surface area contributed by atoms with Crippen LogP contribution in [-0.4, -0.2) is 47.9 Å². The number of carbonyl (C=O) groups is 1. The van der Waals surface area contributed by atoms with Crippen molar-refractivity contribution in [1.82, 2.24) is 9.80 Å². The van der Waals surface area contributed by atoms with E-state index in [0.29, 0.717) is 17.9 Å². The van der Waals surface area contributed by atoms with Gasteiger partial charge in [0.15, 0.2) is 0 Å². The van der Waals surface area contributed by atoms with Crippen molar-refractivity contribution in [2.24, 2.45) is 5.92 Å². The van der Waals surface area contributed by atoms with Crippen LogP contribution in [0.25, 0.3) is 0 Å². The van der Waals surface area contributed by atoms with E-state index in [1.807, 2.05) is 0 Å². The molecular formula is C17H34N2O. The van der Waals surface area contributed by atoms with Gasteiger partial charge in [-0.15, -0.1) is 0 Å². The lowest BCUT2D eigenvalue weighted by Gasteiger charge is -2.33. The first kappa shape index (κ1) is 17.5. The molecule has 0 atom stereocenters. The van der Waals surface area contributed by atoms with Gasteiger partial charge in [-0.05, 0) is 58.7 Å². The van der Waals surface area contributed by atoms with Crippen LogP contribution in [0.5, 0.6) is 0 Å². The van der Waals surface area contributed by atoms with Crippen molar-refractivity contribution < 1.29 is 4.79 Å². The molecule has 1 heterocycles. The van der Waals surface area contributed by atoms with E-state index >= 15 is 0 Å². The van der Waals surface area contributed by atoms with Crippen LogP contribution in [0.1, 0.15) is 66.2 Å². The number of hydrogen-bond donors (Lipinski definition) is 0. The summed E-state index contributed by atoms with van der Waals surface area (Å²) in [5.41, 5.74) is 0. The van der Waals surface area contributed by atoms with Gasteiger partial charge in [0.2, 0.25) is 5.91 Å². The van der Waals surface area contributed by atoms with E-state index in [1.54, 1.807) is 0 Å². The molecular weight excluding hydrogens is 248 g/mol. The summed E-state index contributed by atoms with van der Waals surface area (Å²) in [7, 11) is 0. The third-order valence-electron chi connectivity index (χ3n) is 4.09. The van der Waals surface area contributed by atoms with Crippen LogP contribution in [0.4, 0.5) is 0 Å². The van der Waals surface area contributed by atoms with E-state index in [4.69, 9.17) is 0 Å². The fourth-order valence-electron chi connectivity index (χ4n) is 2.93. The molecule has 2 aliphatic rings. The summed E-state index contributed by atoms with van der Waals surface area (Å²) in [6.07, 6.45) is 7.08. The lowest BCUT2D eigenvalue weighted by molar-refractivity contribution is -0.137. The molecule has 0 spiro atoms. The Morgan fingerprint density at radius 3 is 2.00 bits per heavy atom. The van der Waals surface area contributed by atoms with Crippen molar-refractivity contribution in [3.63, 3.8) is 0 Å². The quantitative estimate of drug-likeness (QED) is 0.770. The highest BCUT2D eigenvalue weighted by Gasteiger charge is 2.35. The molecule has 118 valence electrons. The second-order valence-electron chi connectivity index (χ2n) is 6.18. The molecule has 0 aromatic carbocycles. The number of nitrogens with zero attached hydrogens (tertiary/aromatic N) is 2. The maximum atomic E-state index is 12.4. The van der Waals surface area contributed by atoms with Gasteiger partial charge in [-0.3, -0.25) is 4.79 Å². The summed E-state index contributed by atoms with van der Waals surface area (Å²) in [6, 6.07) is 0.584. The number of likely N-dealkylation sites (tertiary alicyclic amines) is 1. The molecule has 0 aromatic rings. The Kier molecular flexibility index (Phi) is 8.20. The highest BCUT2D eigenvalue weighted by molar-refractivity contribution is 5.79. The van der Waals surface area contributed by atoms with E-state index in [-0.39, 0.29) is 0 Å². The third-order valence-corrected chi connectivity index (χ3v) is 4.09. The topological polar surface area (TPSA) is 23.6 Å². The first-order valence-electron chi connectivity index (χ1n) is 8.70. The van der Waals surface area contributed by atoms with Gasteiger partial charge in [0.1, 0.15) is 0 Å². The van der Waals surface area contributed by atoms with Gasteiger partial charge in [-0.25, -0.2) is 0 Å². The van der Waals surface area contributed by atoms with Crippen LogP contribution in [0.2, 0.25) is 0 Å². The zero-order valence-corrected chi connectivity index (χ0v) is 14.0. The van der Waals surface area contributed by atoms with Crippen molar-refractivity contribution >= 4 is 5.91 Å². The maximum Gasteiger partial charge on any atom is 0.226 e. The number of amides is 1. The Morgan fingerprint density at radius 1 is 1.05 bits per heavy atom. The lowest BCUT2D eigenvalue weighted by atomic mass is 9.95. The summed E-state index contributed by atoms with van der Waals surface area (Å²) in [6.45, 7) is 12.9. The number of rotatable bonds is 5. The molecule has 0 radical (unpaired) electrons. The van der Waals surface area contributed by atoms with Gasteiger partial charge in [0, 0.05) is 18.5 Å². The molecule has 0 unspecified atom stereocenters. The van der Waals surface area contributed by atoms with Crippen molar-refractivity contribution in [3.05, 3.63) is 0 Å². The van der Waals surface area contributed by atoms with Gasteiger partial charge in [-0.1, -0.05) is 27.2 Å². The minimum absolute atomic E-state index is 0.309. The average molecular weight is 282 g/mol. The first-order chi connectivity index (χ1) is 9.67. The lowest BCUT2D eigenvalue weighted by Crippen LogP contribution is -2.43. The molecule has 0 N–H and O–H groups in total. The predicted molar refractivity (Wildman–Crippen MR) is 85.8 cm³/mol. The molecule has 1 amide bonds. The summed E-state index contributed by atoms with van der Waals surface area (Å²) in [5, 5.41) is 0. The smallest absolute Gasteiger partial charge is 0.226 e. The average Bonchev–Trinajstić information content (AvgIpc) is 3.26. The third kappa shape index (κ3) is 5.43. The molecule has 1 saturated carbocycles. The van der Waals surface area contributed by atoms with E-state index in [0.717, 1.165) is 32.5 Å². The Morgan fingerprint density at radius 2 is 1.60 bits per heavy atom. The SMILES string of the molecule is CCC.CCCN1CCC(C(=O)N(CC)C2CC2)CC1. The molecule has 3 heteroatoms. The van der Waals surface area contributed by atoms with Crippen LogP contribution in [0.3, 0.4) is 0 Å². The molecule has 0 aromatic heterocycles. The molecule has 20 heavy (non-hydrogen) atoms. The van der Waals surface area contributed by atoms with E-state index < -0.39 is 0 Å². The van der Waals surface area contributed by atoms with Gasteiger partial charge in [0.25, 0.3) is 0 Å². The number of carbonyl (C=O) groups excluding carboxylic acids is 1. The number of piperidine rings is 1. The summed E-state index contributed by atoms with van der Waals surface area (Å²) in [5.74, 6) is 0.745. The van der Waals surface area contributed by atoms with Gasteiger partial charge in [-0.2, -0.15) is 0 Å². The van der Waals surface area contributed by atoms with Crippen LogP contribution in [0, 0.1) is 5.92 Å². The van der Waals surface area contributed by atoms with Crippen LogP contribution in [-0.2, 0) is 4.79 Å². The first-order valence-corrected chi connectivity index (χ1v) is 8.70. The molecule has 1 aliphatic heterocycles. The van der Waals surface area contributed by atoms with Gasteiger partial charge in [0.05, 0.1) is 0 Å². The Labute approximate surface area is 125 Å². The zero-order valence-electron chi connectivity index (χ0n) is 14.0. The highest BCUT2D eigenvalue weighted by atomic mass is 16.2. The van der Waals surface area contributed by atoms with Crippen LogP contribution in [0.15, 0.2) is 0 Å². The monoisotopic (exact) mass is 282 g/mol. The summed E-state index contributed by atoms with van der Waals surface area (Å²) >= 11 is 0. The van der Waals surface area contributed by atoms with E-state index in [1.165, 1.54) is 32.2 Å². The van der Waals surface area contributed by atoms with Gasteiger partial charge < -0.3 is 9.80 Å². The van der Waals surface area contributed by atoms with Crippen LogP contribution >= 0.6 is 0 Å². The summed E-state index contributed by atoms with van der Waals surface area (Å²) in [4.78, 5) is 17.0. The standard InChI is InChI=1S/C14H26N2O.C3H8/c1-3-9-15-10-7-12(8-11-15)14(17)16(4-2)13-5-6-13;1-3-2/h12-13H,3-11H2,1-2H3;3H2,1-2H3. The molecule has 2 rings (SSSR count). The Hall–Kier alpha value is -0.570. The fraction of sp³-hybridized carbons (Fsp3) is 0.941. The normalized spacial score (nSPS) is 20.2. The number of hydrogen-bond acceptors (Lipinski definition) is 2. The fourth-order valence-corrected chi connectivity index (χ4v) is 2.93. The largest absolute Gasteiger partial charge is 0.340 e. The van der Waals surface area contributed by atoms with Crippen molar-refractivity contribution in [3.8, 4) is 0 Å². The molecule has 1 aliphatic carbocycles. The highest BCUT2D eigenvalue weighted by Crippen LogP contribution is 2.30. The molecule has 1 saturated heterocycles. The second-order valence-corrected chi connectivity index (χ2v) is 6.18. The Balaban J connectivity index is 0.000000612. The van der Waals surface area contributed by atoms with Crippen molar-refractivity contribution in [2.75, 3.05) is 26.2 Å². The molecule has 2 fully saturated rings. The molecule has 0 bridgehead atoms.